The van der Waals surface area contributed by atoms with Gasteiger partial charge < -0.3 is 24.4 Å². The Labute approximate surface area is 234 Å². The average molecular weight is 553 g/mol. The number of hydrogen-bond acceptors (Lipinski definition) is 8. The van der Waals surface area contributed by atoms with E-state index in [1.54, 1.807) is 6.92 Å². The molecule has 0 aromatic rings. The molecule has 3 saturated carbocycles. The lowest BCUT2D eigenvalue weighted by atomic mass is 9.54. The van der Waals surface area contributed by atoms with E-state index in [0.29, 0.717) is 24.8 Å². The smallest absolute Gasteiger partial charge is 0.334 e. The minimum absolute atomic E-state index is 0.180. The summed E-state index contributed by atoms with van der Waals surface area (Å²) >= 11 is 0. The Morgan fingerprint density at radius 2 is 1.85 bits per heavy atom. The Hall–Kier alpha value is -2.45. The molecule has 216 valence electrons. The fraction of sp³-hybridized carbons (Fsp3) is 0.719. The molecule has 2 heterocycles. The van der Waals surface area contributed by atoms with E-state index in [2.05, 4.69) is 18.7 Å². The Balaban J connectivity index is 1.45. The second-order valence-electron chi connectivity index (χ2n) is 14.5. The molecule has 2 aliphatic heterocycles. The van der Waals surface area contributed by atoms with E-state index < -0.39 is 69.5 Å². The average Bonchev–Trinajstić information content (AvgIpc) is 3.56. The molecule has 5 fully saturated rings. The second kappa shape index (κ2) is 7.68. The van der Waals surface area contributed by atoms with E-state index in [-0.39, 0.29) is 36.6 Å². The van der Waals surface area contributed by atoms with Gasteiger partial charge in [-0.3, -0.25) is 9.59 Å². The van der Waals surface area contributed by atoms with Crippen molar-refractivity contribution in [1.29, 1.82) is 0 Å². The van der Waals surface area contributed by atoms with Crippen LogP contribution in [0.5, 0.6) is 0 Å². The molecule has 0 aromatic carbocycles. The zero-order chi connectivity index (χ0) is 28.8. The van der Waals surface area contributed by atoms with Crippen molar-refractivity contribution in [3.63, 3.8) is 0 Å². The molecule has 40 heavy (non-hydrogen) atoms. The summed E-state index contributed by atoms with van der Waals surface area (Å²) in [6, 6.07) is 0. The number of ether oxygens (including phenoxy) is 3. The van der Waals surface area contributed by atoms with Gasteiger partial charge in [-0.1, -0.05) is 37.3 Å². The van der Waals surface area contributed by atoms with Crippen LogP contribution < -0.4 is 0 Å². The van der Waals surface area contributed by atoms with Gasteiger partial charge in [-0.05, 0) is 46.5 Å². The summed E-state index contributed by atoms with van der Waals surface area (Å²) in [5.74, 6) is -2.84. The highest BCUT2D eigenvalue weighted by molar-refractivity contribution is 5.91. The number of aliphatic hydroxyl groups is 2. The molecule has 1 spiro atoms. The van der Waals surface area contributed by atoms with Gasteiger partial charge in [-0.15, -0.1) is 0 Å². The van der Waals surface area contributed by atoms with E-state index in [9.17, 15) is 24.6 Å². The van der Waals surface area contributed by atoms with Crippen LogP contribution in [-0.4, -0.2) is 57.6 Å². The highest BCUT2D eigenvalue weighted by Gasteiger charge is 2.84. The van der Waals surface area contributed by atoms with Gasteiger partial charge in [0.25, 0.3) is 0 Å². The van der Waals surface area contributed by atoms with Crippen LogP contribution in [0.2, 0.25) is 0 Å². The summed E-state index contributed by atoms with van der Waals surface area (Å²) in [6.45, 7) is 13.1. The molecule has 5 aliphatic carbocycles. The molecular formula is C32H40O8. The molecule has 7 aliphatic rings. The predicted molar refractivity (Wildman–Crippen MR) is 142 cm³/mol. The Bertz CT molecular complexity index is 1310. The first-order valence-corrected chi connectivity index (χ1v) is 14.7. The molecule has 0 amide bonds. The molecule has 2 bridgehead atoms. The maximum absolute atomic E-state index is 14.5. The summed E-state index contributed by atoms with van der Waals surface area (Å²) in [5, 5.41) is 24.0. The predicted octanol–water partition coefficient (Wildman–Crippen LogP) is 3.41. The zero-order valence-corrected chi connectivity index (χ0v) is 23.9. The normalized spacial score (nSPS) is 55.6. The van der Waals surface area contributed by atoms with Gasteiger partial charge in [0, 0.05) is 53.4 Å². The van der Waals surface area contributed by atoms with E-state index in [4.69, 9.17) is 14.2 Å². The van der Waals surface area contributed by atoms with Crippen LogP contribution in [0.1, 0.15) is 66.7 Å². The number of carbonyl (C=O) groups excluding carboxylic acids is 3. The fourth-order valence-electron chi connectivity index (χ4n) is 11.0. The van der Waals surface area contributed by atoms with Crippen LogP contribution in [0.15, 0.2) is 36.0 Å². The molecule has 2 saturated heterocycles. The molecule has 8 nitrogen and oxygen atoms in total. The minimum Gasteiger partial charge on any atom is -0.462 e. The largest absolute Gasteiger partial charge is 0.462 e. The SMILES string of the molecule is C=C1C(=O)O[C@@H]2[C@H]1CC[C@@](C)(O)[C@]13C=C[C@](C)([C@@H]21)[C@@]1(C3)C(=O)O[C@@H]2[C@H]3C(C)=CC[C@H]3[C@](C)(O)C[C@H](OC(C)=O)[C@H]21. The van der Waals surface area contributed by atoms with Gasteiger partial charge in [0.2, 0.25) is 0 Å². The Morgan fingerprint density at radius 3 is 2.55 bits per heavy atom. The summed E-state index contributed by atoms with van der Waals surface area (Å²) in [4.78, 5) is 39.9. The molecular weight excluding hydrogens is 512 g/mol. The highest BCUT2D eigenvalue weighted by Crippen LogP contribution is 2.80. The molecule has 0 radical (unpaired) electrons. The molecule has 7 rings (SSSR count). The van der Waals surface area contributed by atoms with Crippen molar-refractivity contribution in [2.75, 3.05) is 0 Å². The molecule has 2 N–H and O–H groups in total. The molecule has 0 aromatic heterocycles. The summed E-state index contributed by atoms with van der Waals surface area (Å²) in [6.07, 6.45) is 6.43. The standard InChI is InChI=1S/C32H40O8/c1-15-7-8-19-21(15)24-22(20(38-17(3)33)13-29(19,5)36)32(27(35)40-24)14-31-12-11-28(32,4)25(31)23-18(9-10-30(31,6)37)16(2)26(34)39-23/h7,11-12,18-25,36-37H,2,8-10,13-14H2,1,3-6H3/t18-,19+,20-,21-,22+,23+,24+,25+,28+,29+,30+,31-,32+/m0/s1. The lowest BCUT2D eigenvalue weighted by molar-refractivity contribution is -0.165. The third-order valence-corrected chi connectivity index (χ3v) is 12.8. The highest BCUT2D eigenvalue weighted by atomic mass is 16.6. The van der Waals surface area contributed by atoms with Crippen LogP contribution >= 0.6 is 0 Å². The van der Waals surface area contributed by atoms with Gasteiger partial charge >= 0.3 is 17.9 Å². The number of carbonyl (C=O) groups is 3. The van der Waals surface area contributed by atoms with Gasteiger partial charge in [-0.25, -0.2) is 4.79 Å². The summed E-state index contributed by atoms with van der Waals surface area (Å²) in [7, 11) is 0. The van der Waals surface area contributed by atoms with Crippen molar-refractivity contribution in [1.82, 2.24) is 0 Å². The minimum atomic E-state index is -1.19. The van der Waals surface area contributed by atoms with Gasteiger partial charge in [0.05, 0.1) is 22.5 Å². The Morgan fingerprint density at radius 1 is 1.12 bits per heavy atom. The van der Waals surface area contributed by atoms with Crippen LogP contribution in [-0.2, 0) is 28.6 Å². The van der Waals surface area contributed by atoms with E-state index >= 15 is 0 Å². The maximum Gasteiger partial charge on any atom is 0.334 e. The molecule has 8 heteroatoms. The lowest BCUT2D eigenvalue weighted by Gasteiger charge is -2.46. The van der Waals surface area contributed by atoms with Gasteiger partial charge in [-0.2, -0.15) is 0 Å². The molecule has 13 atom stereocenters. The van der Waals surface area contributed by atoms with Crippen LogP contribution in [0.25, 0.3) is 0 Å². The second-order valence-corrected chi connectivity index (χ2v) is 14.5. The van der Waals surface area contributed by atoms with E-state index in [0.717, 1.165) is 5.57 Å². The monoisotopic (exact) mass is 552 g/mol. The third kappa shape index (κ3) is 2.83. The topological polar surface area (TPSA) is 119 Å². The number of hydrogen-bond donors (Lipinski definition) is 2. The quantitative estimate of drug-likeness (QED) is 0.220. The third-order valence-electron chi connectivity index (χ3n) is 12.8. The van der Waals surface area contributed by atoms with Crippen LogP contribution in [0.3, 0.4) is 0 Å². The summed E-state index contributed by atoms with van der Waals surface area (Å²) < 4.78 is 18.5. The zero-order valence-electron chi connectivity index (χ0n) is 23.9. The van der Waals surface area contributed by atoms with Crippen molar-refractivity contribution in [3.05, 3.63) is 36.0 Å². The Kier molecular flexibility index (Phi) is 5.08. The van der Waals surface area contributed by atoms with Crippen LogP contribution in [0, 0.1) is 45.8 Å². The number of rotatable bonds is 1. The van der Waals surface area contributed by atoms with Crippen molar-refractivity contribution in [3.8, 4) is 0 Å². The number of allylic oxidation sites excluding steroid dienone is 2. The first-order valence-electron chi connectivity index (χ1n) is 14.7. The lowest BCUT2D eigenvalue weighted by Crippen LogP contribution is -2.53. The molecule has 0 unspecified atom stereocenters. The van der Waals surface area contributed by atoms with E-state index in [1.165, 1.54) is 6.92 Å². The van der Waals surface area contributed by atoms with Gasteiger partial charge in [0.15, 0.2) is 0 Å². The van der Waals surface area contributed by atoms with Crippen molar-refractivity contribution >= 4 is 17.9 Å². The fourth-order valence-corrected chi connectivity index (χ4v) is 11.0. The van der Waals surface area contributed by atoms with Gasteiger partial charge in [0.1, 0.15) is 18.3 Å². The van der Waals surface area contributed by atoms with Crippen molar-refractivity contribution in [2.45, 2.75) is 96.2 Å². The first-order chi connectivity index (χ1) is 18.6. The van der Waals surface area contributed by atoms with Crippen LogP contribution in [0.4, 0.5) is 0 Å². The summed E-state index contributed by atoms with van der Waals surface area (Å²) in [5.41, 5.74) is -3.74. The van der Waals surface area contributed by atoms with Crippen molar-refractivity contribution < 1.29 is 38.8 Å². The van der Waals surface area contributed by atoms with E-state index in [1.807, 2.05) is 26.8 Å². The van der Waals surface area contributed by atoms with Crippen molar-refractivity contribution in [2.24, 2.45) is 45.8 Å². The first kappa shape index (κ1) is 26.4. The maximum atomic E-state index is 14.5. The number of esters is 3. The number of fused-ring (bicyclic) bond motifs is 6.